The van der Waals surface area contributed by atoms with E-state index >= 15 is 0 Å². The third-order valence-electron chi connectivity index (χ3n) is 5.06. The molecule has 168 valence electrons. The lowest BCUT2D eigenvalue weighted by Gasteiger charge is -2.14. The second-order valence-electron chi connectivity index (χ2n) is 7.47. The predicted octanol–water partition coefficient (Wildman–Crippen LogP) is 5.15. The van der Waals surface area contributed by atoms with Crippen molar-refractivity contribution in [3.8, 4) is 5.75 Å². The number of carbonyl (C=O) groups is 1. The molecule has 0 aliphatic rings. The van der Waals surface area contributed by atoms with Crippen LogP contribution in [0.5, 0.6) is 5.75 Å². The van der Waals surface area contributed by atoms with E-state index in [0.717, 1.165) is 16.9 Å². The van der Waals surface area contributed by atoms with Gasteiger partial charge in [0, 0.05) is 0 Å². The maximum atomic E-state index is 13.3. The van der Waals surface area contributed by atoms with Crippen LogP contribution in [0, 0.1) is 6.92 Å². The third kappa shape index (κ3) is 5.38. The fraction of sp³-hybridized carbons (Fsp3) is 0.160. The van der Waals surface area contributed by atoms with Crippen LogP contribution in [0.4, 0.5) is 5.69 Å². The SMILES string of the molecule is COc1ccc(Cn2c(SCC(=O)Nc3ccc(C)cc3Cl)nc3ccccc3c2=O)cc1. The van der Waals surface area contributed by atoms with Gasteiger partial charge in [0.15, 0.2) is 5.16 Å². The molecule has 0 spiro atoms. The topological polar surface area (TPSA) is 73.2 Å². The molecule has 0 saturated heterocycles. The van der Waals surface area contributed by atoms with Crippen LogP contribution in [-0.2, 0) is 11.3 Å². The number of halogens is 1. The fourth-order valence-electron chi connectivity index (χ4n) is 3.35. The monoisotopic (exact) mass is 479 g/mol. The summed E-state index contributed by atoms with van der Waals surface area (Å²) >= 11 is 7.44. The number of methoxy groups -OCH3 is 1. The number of amides is 1. The zero-order valence-electron chi connectivity index (χ0n) is 18.2. The Morgan fingerprint density at radius 2 is 1.88 bits per heavy atom. The van der Waals surface area contributed by atoms with E-state index < -0.39 is 0 Å². The smallest absolute Gasteiger partial charge is 0.262 e. The molecule has 1 amide bonds. The molecule has 0 radical (unpaired) electrons. The van der Waals surface area contributed by atoms with Crippen molar-refractivity contribution >= 4 is 45.9 Å². The summed E-state index contributed by atoms with van der Waals surface area (Å²) in [6.07, 6.45) is 0. The maximum absolute atomic E-state index is 13.3. The lowest BCUT2D eigenvalue weighted by molar-refractivity contribution is -0.113. The number of ether oxygens (including phenoxy) is 1. The quantitative estimate of drug-likeness (QED) is 0.293. The number of thioether (sulfide) groups is 1. The van der Waals surface area contributed by atoms with Crippen LogP contribution in [0.2, 0.25) is 5.02 Å². The van der Waals surface area contributed by atoms with Crippen LogP contribution in [0.15, 0.2) is 76.7 Å². The zero-order chi connectivity index (χ0) is 23.4. The largest absolute Gasteiger partial charge is 0.497 e. The molecule has 0 aliphatic heterocycles. The summed E-state index contributed by atoms with van der Waals surface area (Å²) in [6, 6.07) is 20.2. The van der Waals surface area contributed by atoms with Gasteiger partial charge >= 0.3 is 0 Å². The van der Waals surface area contributed by atoms with Crippen molar-refractivity contribution in [2.24, 2.45) is 0 Å². The molecular weight excluding hydrogens is 458 g/mol. The molecular formula is C25H22ClN3O3S. The number of fused-ring (bicyclic) bond motifs is 1. The molecule has 0 saturated carbocycles. The molecule has 0 unspecified atom stereocenters. The summed E-state index contributed by atoms with van der Waals surface area (Å²) in [7, 11) is 1.61. The number of carbonyl (C=O) groups excluding carboxylic acids is 1. The minimum atomic E-state index is -0.232. The number of rotatable bonds is 7. The molecule has 3 aromatic carbocycles. The van der Waals surface area contributed by atoms with E-state index in [-0.39, 0.29) is 17.2 Å². The Kier molecular flexibility index (Phi) is 7.01. The summed E-state index contributed by atoms with van der Waals surface area (Å²) in [5, 5.41) is 4.31. The van der Waals surface area contributed by atoms with Crippen molar-refractivity contribution in [2.75, 3.05) is 18.2 Å². The van der Waals surface area contributed by atoms with E-state index in [2.05, 4.69) is 10.3 Å². The highest BCUT2D eigenvalue weighted by molar-refractivity contribution is 7.99. The summed E-state index contributed by atoms with van der Waals surface area (Å²) < 4.78 is 6.81. The summed E-state index contributed by atoms with van der Waals surface area (Å²) in [5.74, 6) is 0.588. The Labute approximate surface area is 200 Å². The lowest BCUT2D eigenvalue weighted by atomic mass is 10.2. The first-order chi connectivity index (χ1) is 15.9. The van der Waals surface area contributed by atoms with E-state index in [0.29, 0.717) is 33.3 Å². The Balaban J connectivity index is 1.60. The van der Waals surface area contributed by atoms with E-state index in [1.54, 1.807) is 35.9 Å². The minimum Gasteiger partial charge on any atom is -0.497 e. The average molecular weight is 480 g/mol. The Morgan fingerprint density at radius 1 is 1.12 bits per heavy atom. The van der Waals surface area contributed by atoms with Crippen LogP contribution in [0.3, 0.4) is 0 Å². The van der Waals surface area contributed by atoms with Gasteiger partial charge in [0.1, 0.15) is 5.75 Å². The van der Waals surface area contributed by atoms with Gasteiger partial charge in [0.25, 0.3) is 5.56 Å². The molecule has 8 heteroatoms. The number of nitrogens with one attached hydrogen (secondary N) is 1. The van der Waals surface area contributed by atoms with Gasteiger partial charge in [-0.05, 0) is 54.4 Å². The van der Waals surface area contributed by atoms with Crippen LogP contribution in [-0.4, -0.2) is 28.3 Å². The Morgan fingerprint density at radius 3 is 2.61 bits per heavy atom. The van der Waals surface area contributed by atoms with Gasteiger partial charge in [-0.25, -0.2) is 4.98 Å². The molecule has 0 atom stereocenters. The maximum Gasteiger partial charge on any atom is 0.262 e. The highest BCUT2D eigenvalue weighted by Crippen LogP contribution is 2.24. The first-order valence-electron chi connectivity index (χ1n) is 10.3. The van der Waals surface area contributed by atoms with E-state index in [1.165, 1.54) is 11.8 Å². The van der Waals surface area contributed by atoms with E-state index in [9.17, 15) is 9.59 Å². The number of para-hydroxylation sites is 1. The van der Waals surface area contributed by atoms with Crippen LogP contribution in [0.25, 0.3) is 10.9 Å². The predicted molar refractivity (Wildman–Crippen MR) is 134 cm³/mol. The Hall–Kier alpha value is -3.29. The molecule has 0 bridgehead atoms. The third-order valence-corrected chi connectivity index (χ3v) is 6.35. The Bertz CT molecular complexity index is 1370. The molecule has 1 heterocycles. The van der Waals surface area contributed by atoms with Gasteiger partial charge < -0.3 is 10.1 Å². The van der Waals surface area contributed by atoms with Crippen molar-refractivity contribution in [1.29, 1.82) is 0 Å². The molecule has 33 heavy (non-hydrogen) atoms. The lowest BCUT2D eigenvalue weighted by Crippen LogP contribution is -2.25. The summed E-state index contributed by atoms with van der Waals surface area (Å²) in [5.41, 5.74) is 2.93. The number of aromatic nitrogens is 2. The van der Waals surface area contributed by atoms with E-state index in [4.69, 9.17) is 16.3 Å². The van der Waals surface area contributed by atoms with Gasteiger partial charge in [-0.1, -0.05) is 53.7 Å². The van der Waals surface area contributed by atoms with E-state index in [1.807, 2.05) is 49.4 Å². The number of benzene rings is 3. The number of anilines is 1. The number of hydrogen-bond acceptors (Lipinski definition) is 5. The first kappa shape index (κ1) is 22.9. The second-order valence-corrected chi connectivity index (χ2v) is 8.82. The van der Waals surface area contributed by atoms with Crippen molar-refractivity contribution in [2.45, 2.75) is 18.6 Å². The van der Waals surface area contributed by atoms with Crippen LogP contribution in [0.1, 0.15) is 11.1 Å². The number of nitrogens with zero attached hydrogens (tertiary/aromatic N) is 2. The van der Waals surface area contributed by atoms with Gasteiger partial charge in [0.2, 0.25) is 5.91 Å². The molecule has 0 fully saturated rings. The van der Waals surface area contributed by atoms with Crippen molar-refractivity contribution in [3.05, 3.63) is 93.2 Å². The number of hydrogen-bond donors (Lipinski definition) is 1. The second kappa shape index (κ2) is 10.1. The summed E-state index contributed by atoms with van der Waals surface area (Å²) in [4.78, 5) is 30.5. The molecule has 0 aliphatic carbocycles. The average Bonchev–Trinajstić information content (AvgIpc) is 2.82. The van der Waals surface area contributed by atoms with Crippen molar-refractivity contribution in [1.82, 2.24) is 9.55 Å². The van der Waals surface area contributed by atoms with Crippen molar-refractivity contribution in [3.63, 3.8) is 0 Å². The van der Waals surface area contributed by atoms with Gasteiger partial charge in [0.05, 0.1) is 41.0 Å². The molecule has 4 aromatic rings. The van der Waals surface area contributed by atoms with Gasteiger partial charge in [-0.15, -0.1) is 0 Å². The highest BCUT2D eigenvalue weighted by atomic mass is 35.5. The van der Waals surface area contributed by atoms with Crippen LogP contribution < -0.4 is 15.6 Å². The zero-order valence-corrected chi connectivity index (χ0v) is 19.7. The molecule has 4 rings (SSSR count). The minimum absolute atomic E-state index is 0.0810. The normalized spacial score (nSPS) is 10.9. The van der Waals surface area contributed by atoms with Crippen LogP contribution >= 0.6 is 23.4 Å². The molecule has 1 N–H and O–H groups in total. The molecule has 6 nitrogen and oxygen atoms in total. The van der Waals surface area contributed by atoms with Gasteiger partial charge in [-0.2, -0.15) is 0 Å². The number of aryl methyl sites for hydroxylation is 1. The van der Waals surface area contributed by atoms with Gasteiger partial charge in [-0.3, -0.25) is 14.2 Å². The summed E-state index contributed by atoms with van der Waals surface area (Å²) in [6.45, 7) is 2.26. The molecule has 1 aromatic heterocycles. The highest BCUT2D eigenvalue weighted by Gasteiger charge is 2.14. The standard InChI is InChI=1S/C25H22ClN3O3S/c1-16-7-12-22(20(26)13-16)27-23(30)15-33-25-28-21-6-4-3-5-19(21)24(31)29(25)14-17-8-10-18(32-2)11-9-17/h3-13H,14-15H2,1-2H3,(H,27,30). The van der Waals surface area contributed by atoms with Crippen molar-refractivity contribution < 1.29 is 9.53 Å². The fourth-order valence-corrected chi connectivity index (χ4v) is 4.43. The first-order valence-corrected chi connectivity index (χ1v) is 11.6.